The summed E-state index contributed by atoms with van der Waals surface area (Å²) in [5, 5.41) is 11.4. The third-order valence-electron chi connectivity index (χ3n) is 2.76. The molecular weight excluding hydrogens is 258 g/mol. The molecule has 1 unspecified atom stereocenters. The van der Waals surface area contributed by atoms with Gasteiger partial charge in [-0.3, -0.25) is 9.59 Å². The summed E-state index contributed by atoms with van der Waals surface area (Å²) in [7, 11) is 0. The lowest BCUT2D eigenvalue weighted by molar-refractivity contribution is -0.137. The minimum Gasteiger partial charge on any atom is -0.491 e. The number of carbonyl (C=O) groups is 2. The van der Waals surface area contributed by atoms with Crippen molar-refractivity contribution in [3.63, 3.8) is 0 Å². The highest BCUT2D eigenvalue weighted by atomic mass is 16.5. The number of carboxylic acids is 1. The predicted molar refractivity (Wildman–Crippen MR) is 75.8 cm³/mol. The average Bonchev–Trinajstić information content (AvgIpc) is 2.36. The van der Waals surface area contributed by atoms with E-state index in [2.05, 4.69) is 5.32 Å². The molecule has 0 aromatic heterocycles. The SMILES string of the molecule is CC(C)Oc1cccc(CC(CCC(=O)O)NC=O)c1. The van der Waals surface area contributed by atoms with Crippen molar-refractivity contribution in [3.8, 4) is 5.75 Å². The third kappa shape index (κ3) is 6.22. The lowest BCUT2D eigenvalue weighted by Crippen LogP contribution is -2.30. The highest BCUT2D eigenvalue weighted by molar-refractivity contribution is 5.66. The van der Waals surface area contributed by atoms with E-state index in [0.29, 0.717) is 19.3 Å². The molecule has 1 atom stereocenters. The first-order valence-electron chi connectivity index (χ1n) is 6.68. The highest BCUT2D eigenvalue weighted by Gasteiger charge is 2.11. The van der Waals surface area contributed by atoms with E-state index in [0.717, 1.165) is 11.3 Å². The van der Waals surface area contributed by atoms with Gasteiger partial charge >= 0.3 is 5.97 Å². The van der Waals surface area contributed by atoms with E-state index in [9.17, 15) is 9.59 Å². The Kier molecular flexibility index (Phi) is 6.56. The molecule has 110 valence electrons. The monoisotopic (exact) mass is 279 g/mol. The molecule has 0 saturated heterocycles. The zero-order chi connectivity index (χ0) is 15.0. The van der Waals surface area contributed by atoms with Crippen molar-refractivity contribution in [2.24, 2.45) is 0 Å². The lowest BCUT2D eigenvalue weighted by atomic mass is 10.0. The summed E-state index contributed by atoms with van der Waals surface area (Å²) in [6.07, 6.45) is 1.74. The summed E-state index contributed by atoms with van der Waals surface area (Å²) in [5.74, 6) is -0.0832. The first-order chi connectivity index (χ1) is 9.51. The number of rotatable bonds is 9. The number of amides is 1. The zero-order valence-electron chi connectivity index (χ0n) is 11.8. The van der Waals surface area contributed by atoms with Crippen molar-refractivity contribution in [1.82, 2.24) is 5.32 Å². The Balaban J connectivity index is 2.66. The zero-order valence-corrected chi connectivity index (χ0v) is 11.8. The Bertz CT molecular complexity index is 445. The summed E-state index contributed by atoms with van der Waals surface area (Å²) in [6, 6.07) is 7.44. The van der Waals surface area contributed by atoms with E-state index in [-0.39, 0.29) is 18.6 Å². The summed E-state index contributed by atoms with van der Waals surface area (Å²) in [5.41, 5.74) is 1.01. The van der Waals surface area contributed by atoms with Gasteiger partial charge in [-0.25, -0.2) is 0 Å². The molecule has 1 rings (SSSR count). The Labute approximate surface area is 118 Å². The number of aliphatic carboxylic acids is 1. The lowest BCUT2D eigenvalue weighted by Gasteiger charge is -2.16. The minimum atomic E-state index is -0.861. The quantitative estimate of drug-likeness (QED) is 0.678. The van der Waals surface area contributed by atoms with Crippen LogP contribution in [0.15, 0.2) is 24.3 Å². The maximum atomic E-state index is 10.6. The van der Waals surface area contributed by atoms with Crippen LogP contribution in [0, 0.1) is 0 Å². The van der Waals surface area contributed by atoms with Crippen molar-refractivity contribution in [2.75, 3.05) is 0 Å². The summed E-state index contributed by atoms with van der Waals surface area (Å²) < 4.78 is 5.61. The first-order valence-corrected chi connectivity index (χ1v) is 6.68. The van der Waals surface area contributed by atoms with Gasteiger partial charge in [-0.1, -0.05) is 12.1 Å². The van der Waals surface area contributed by atoms with Crippen LogP contribution in [0.4, 0.5) is 0 Å². The Morgan fingerprint density at radius 1 is 1.45 bits per heavy atom. The summed E-state index contributed by atoms with van der Waals surface area (Å²) in [6.45, 7) is 3.91. The predicted octanol–water partition coefficient (Wildman–Crippen LogP) is 2.00. The van der Waals surface area contributed by atoms with Crippen LogP contribution in [-0.4, -0.2) is 29.6 Å². The van der Waals surface area contributed by atoms with Crippen LogP contribution in [0.1, 0.15) is 32.3 Å². The van der Waals surface area contributed by atoms with Gasteiger partial charge in [0, 0.05) is 12.5 Å². The van der Waals surface area contributed by atoms with E-state index in [1.165, 1.54) is 0 Å². The van der Waals surface area contributed by atoms with Crippen molar-refractivity contribution >= 4 is 12.4 Å². The summed E-state index contributed by atoms with van der Waals surface area (Å²) >= 11 is 0. The van der Waals surface area contributed by atoms with Gasteiger partial charge in [0.25, 0.3) is 0 Å². The van der Waals surface area contributed by atoms with Gasteiger partial charge in [0.15, 0.2) is 0 Å². The third-order valence-corrected chi connectivity index (χ3v) is 2.76. The van der Waals surface area contributed by atoms with Gasteiger partial charge in [0.1, 0.15) is 5.75 Å². The van der Waals surface area contributed by atoms with Crippen LogP contribution in [-0.2, 0) is 16.0 Å². The molecule has 2 N–H and O–H groups in total. The largest absolute Gasteiger partial charge is 0.491 e. The van der Waals surface area contributed by atoms with Crippen LogP contribution in [0.25, 0.3) is 0 Å². The maximum Gasteiger partial charge on any atom is 0.303 e. The van der Waals surface area contributed by atoms with Crippen molar-refractivity contribution in [1.29, 1.82) is 0 Å². The van der Waals surface area contributed by atoms with Crippen LogP contribution in [0.3, 0.4) is 0 Å². The van der Waals surface area contributed by atoms with Crippen LogP contribution in [0.2, 0.25) is 0 Å². The molecular formula is C15H21NO4. The second kappa shape index (κ2) is 8.19. The van der Waals surface area contributed by atoms with E-state index in [1.54, 1.807) is 0 Å². The number of carboxylic acid groups (broad SMARTS) is 1. The average molecular weight is 279 g/mol. The number of carbonyl (C=O) groups excluding carboxylic acids is 1. The smallest absolute Gasteiger partial charge is 0.303 e. The fraction of sp³-hybridized carbons (Fsp3) is 0.467. The van der Waals surface area contributed by atoms with E-state index >= 15 is 0 Å². The van der Waals surface area contributed by atoms with Crippen molar-refractivity contribution in [2.45, 2.75) is 45.3 Å². The topological polar surface area (TPSA) is 75.6 Å². The maximum absolute atomic E-state index is 10.6. The molecule has 1 aromatic rings. The second-order valence-electron chi connectivity index (χ2n) is 4.93. The molecule has 20 heavy (non-hydrogen) atoms. The van der Waals surface area contributed by atoms with E-state index in [4.69, 9.17) is 9.84 Å². The Morgan fingerprint density at radius 2 is 2.20 bits per heavy atom. The molecule has 0 heterocycles. The van der Waals surface area contributed by atoms with Crippen LogP contribution >= 0.6 is 0 Å². The fourth-order valence-electron chi connectivity index (χ4n) is 1.94. The van der Waals surface area contributed by atoms with Crippen molar-refractivity contribution in [3.05, 3.63) is 29.8 Å². The molecule has 0 spiro atoms. The van der Waals surface area contributed by atoms with E-state index in [1.807, 2.05) is 38.1 Å². The molecule has 1 aromatic carbocycles. The standard InChI is InChI=1S/C15H21NO4/c1-11(2)20-14-5-3-4-12(9-14)8-13(16-10-17)6-7-15(18)19/h3-5,9-11,13H,6-8H2,1-2H3,(H,16,17)(H,18,19). The van der Waals surface area contributed by atoms with Crippen LogP contribution in [0.5, 0.6) is 5.75 Å². The molecule has 0 radical (unpaired) electrons. The Morgan fingerprint density at radius 3 is 2.80 bits per heavy atom. The number of hydrogen-bond acceptors (Lipinski definition) is 3. The van der Waals surface area contributed by atoms with Gasteiger partial charge in [-0.15, -0.1) is 0 Å². The summed E-state index contributed by atoms with van der Waals surface area (Å²) in [4.78, 5) is 21.2. The van der Waals surface area contributed by atoms with Crippen molar-refractivity contribution < 1.29 is 19.4 Å². The molecule has 0 bridgehead atoms. The number of ether oxygens (including phenoxy) is 1. The fourth-order valence-corrected chi connectivity index (χ4v) is 1.94. The van der Waals surface area contributed by atoms with Crippen LogP contribution < -0.4 is 10.1 Å². The molecule has 0 fully saturated rings. The van der Waals surface area contributed by atoms with E-state index < -0.39 is 5.97 Å². The molecule has 0 aliphatic heterocycles. The molecule has 0 aliphatic rings. The molecule has 5 heteroatoms. The normalized spacial score (nSPS) is 11.9. The van der Waals surface area contributed by atoms with Gasteiger partial charge in [0.05, 0.1) is 6.10 Å². The second-order valence-corrected chi connectivity index (χ2v) is 4.93. The van der Waals surface area contributed by atoms with Gasteiger partial charge in [-0.2, -0.15) is 0 Å². The number of nitrogens with one attached hydrogen (secondary N) is 1. The first kappa shape index (κ1) is 16.0. The molecule has 0 aliphatic carbocycles. The van der Waals surface area contributed by atoms with Gasteiger partial charge in [-0.05, 0) is 44.4 Å². The highest BCUT2D eigenvalue weighted by Crippen LogP contribution is 2.17. The molecule has 1 amide bonds. The Hall–Kier alpha value is -2.04. The molecule has 0 saturated carbocycles. The molecule has 5 nitrogen and oxygen atoms in total. The number of benzene rings is 1. The van der Waals surface area contributed by atoms with Gasteiger partial charge < -0.3 is 15.2 Å². The van der Waals surface area contributed by atoms with Gasteiger partial charge in [0.2, 0.25) is 6.41 Å². The minimum absolute atomic E-state index is 0.0354. The number of hydrogen-bond donors (Lipinski definition) is 2.